The second kappa shape index (κ2) is 5.72. The molecule has 1 aromatic carbocycles. The van der Waals surface area contributed by atoms with Crippen LogP contribution in [-0.4, -0.2) is 41.6 Å². The van der Waals surface area contributed by atoms with Crippen molar-refractivity contribution in [2.75, 3.05) is 13.6 Å². The first-order valence-electron chi connectivity index (χ1n) is 7.49. The zero-order chi connectivity index (χ0) is 14.8. The largest absolute Gasteiger partial charge is 0.355 e. The molecule has 0 bridgehead atoms. The molecule has 4 nitrogen and oxygen atoms in total. The summed E-state index contributed by atoms with van der Waals surface area (Å²) in [6, 6.07) is 10.8. The van der Waals surface area contributed by atoms with Gasteiger partial charge in [0.1, 0.15) is 11.7 Å². The Hall–Kier alpha value is -2.10. The quantitative estimate of drug-likeness (QED) is 0.850. The molecule has 2 heterocycles. The molecule has 4 heteroatoms. The normalized spacial score (nSPS) is 20.4. The molecular weight excluding hydrogens is 260 g/mol. The minimum atomic E-state index is 0.376. The van der Waals surface area contributed by atoms with Crippen LogP contribution in [0.15, 0.2) is 52.2 Å². The van der Waals surface area contributed by atoms with Crippen molar-refractivity contribution >= 4 is 12.2 Å². The molecule has 2 aliphatic rings. The minimum Gasteiger partial charge on any atom is -0.355 e. The van der Waals surface area contributed by atoms with E-state index in [-0.39, 0.29) is 0 Å². The number of amidine groups is 1. The maximum Gasteiger partial charge on any atom is 0.134 e. The molecule has 110 valence electrons. The minimum absolute atomic E-state index is 0.376. The van der Waals surface area contributed by atoms with Gasteiger partial charge < -0.3 is 9.80 Å². The highest BCUT2D eigenvalue weighted by atomic mass is 15.3. The molecule has 0 fully saturated rings. The Labute approximate surface area is 126 Å². The summed E-state index contributed by atoms with van der Waals surface area (Å²) in [5, 5.41) is 0. The van der Waals surface area contributed by atoms with Gasteiger partial charge in [-0.15, -0.1) is 0 Å². The average Bonchev–Trinajstić information content (AvgIpc) is 2.91. The molecule has 1 unspecified atom stereocenters. The summed E-state index contributed by atoms with van der Waals surface area (Å²) >= 11 is 0. The van der Waals surface area contributed by atoms with Gasteiger partial charge in [-0.25, -0.2) is 4.99 Å². The molecule has 0 radical (unpaired) electrons. The molecule has 0 saturated heterocycles. The molecule has 0 N–H and O–H groups in total. The first kappa shape index (κ1) is 13.9. The Balaban J connectivity index is 1.73. The monoisotopic (exact) mass is 282 g/mol. The fraction of sp³-hybridized carbons (Fsp3) is 0.412. The van der Waals surface area contributed by atoms with Crippen molar-refractivity contribution in [1.82, 2.24) is 9.80 Å². The van der Waals surface area contributed by atoms with Crippen LogP contribution in [0.25, 0.3) is 0 Å². The molecular formula is C17H22N4. The van der Waals surface area contributed by atoms with Crippen LogP contribution < -0.4 is 0 Å². The van der Waals surface area contributed by atoms with E-state index >= 15 is 0 Å². The Bertz CT molecular complexity index is 586. The Morgan fingerprint density at radius 2 is 2.05 bits per heavy atom. The lowest BCUT2D eigenvalue weighted by atomic mass is 10.1. The van der Waals surface area contributed by atoms with E-state index in [1.807, 2.05) is 12.4 Å². The van der Waals surface area contributed by atoms with Crippen molar-refractivity contribution < 1.29 is 0 Å². The highest BCUT2D eigenvalue weighted by Gasteiger charge is 2.27. The zero-order valence-electron chi connectivity index (χ0n) is 12.9. The van der Waals surface area contributed by atoms with Gasteiger partial charge in [0.2, 0.25) is 0 Å². The fourth-order valence-corrected chi connectivity index (χ4v) is 2.59. The van der Waals surface area contributed by atoms with Crippen LogP contribution in [-0.2, 0) is 6.54 Å². The molecule has 2 aliphatic heterocycles. The third kappa shape index (κ3) is 2.99. The average molecular weight is 282 g/mol. The van der Waals surface area contributed by atoms with Gasteiger partial charge in [-0.3, -0.25) is 4.99 Å². The SMILES string of the molecule is CC(C)C1CN2C=NC(N(C)Cc3ccccc3)=CC2=N1. The maximum absolute atomic E-state index is 4.80. The predicted octanol–water partition coefficient (Wildman–Crippen LogP) is 2.74. The number of hydrogen-bond acceptors (Lipinski definition) is 4. The van der Waals surface area contributed by atoms with E-state index in [4.69, 9.17) is 4.99 Å². The molecule has 1 atom stereocenters. The second-order valence-electron chi connectivity index (χ2n) is 6.04. The summed E-state index contributed by atoms with van der Waals surface area (Å²) in [5.41, 5.74) is 1.28. The van der Waals surface area contributed by atoms with Gasteiger partial charge >= 0.3 is 0 Å². The summed E-state index contributed by atoms with van der Waals surface area (Å²) in [6.07, 6.45) is 4.00. The molecule has 0 spiro atoms. The molecule has 0 aliphatic carbocycles. The van der Waals surface area contributed by atoms with Crippen LogP contribution in [0.1, 0.15) is 19.4 Å². The lowest BCUT2D eigenvalue weighted by Crippen LogP contribution is -2.32. The van der Waals surface area contributed by atoms with Gasteiger partial charge in [0.05, 0.1) is 12.4 Å². The molecule has 0 saturated carbocycles. The summed E-state index contributed by atoms with van der Waals surface area (Å²) in [5.74, 6) is 2.58. The number of aliphatic imine (C=N–C) groups is 2. The first-order chi connectivity index (χ1) is 10.1. The van der Waals surface area contributed by atoms with Crippen LogP contribution in [0, 0.1) is 5.92 Å². The summed E-state index contributed by atoms with van der Waals surface area (Å²) in [6.45, 7) is 6.24. The molecule has 1 aromatic rings. The van der Waals surface area contributed by atoms with E-state index in [0.29, 0.717) is 12.0 Å². The van der Waals surface area contributed by atoms with Gasteiger partial charge in [0.25, 0.3) is 0 Å². The van der Waals surface area contributed by atoms with Crippen LogP contribution >= 0.6 is 0 Å². The van der Waals surface area contributed by atoms with Crippen molar-refractivity contribution in [1.29, 1.82) is 0 Å². The van der Waals surface area contributed by atoms with E-state index in [9.17, 15) is 0 Å². The van der Waals surface area contributed by atoms with E-state index in [0.717, 1.165) is 24.7 Å². The Morgan fingerprint density at radius 3 is 2.76 bits per heavy atom. The van der Waals surface area contributed by atoms with E-state index in [1.54, 1.807) is 0 Å². The van der Waals surface area contributed by atoms with Crippen LogP contribution in [0.2, 0.25) is 0 Å². The van der Waals surface area contributed by atoms with Gasteiger partial charge in [0, 0.05) is 26.2 Å². The number of fused-ring (bicyclic) bond motifs is 1. The maximum atomic E-state index is 4.80. The van der Waals surface area contributed by atoms with Gasteiger partial charge in [-0.2, -0.15) is 0 Å². The smallest absolute Gasteiger partial charge is 0.134 e. The van der Waals surface area contributed by atoms with E-state index in [1.165, 1.54) is 5.56 Å². The Kier molecular flexibility index (Phi) is 3.78. The zero-order valence-corrected chi connectivity index (χ0v) is 12.9. The first-order valence-corrected chi connectivity index (χ1v) is 7.49. The van der Waals surface area contributed by atoms with E-state index < -0.39 is 0 Å². The fourth-order valence-electron chi connectivity index (χ4n) is 2.59. The summed E-state index contributed by atoms with van der Waals surface area (Å²) < 4.78 is 0. The number of hydrogen-bond donors (Lipinski definition) is 0. The van der Waals surface area contributed by atoms with Crippen molar-refractivity contribution in [2.45, 2.75) is 26.4 Å². The third-order valence-corrected chi connectivity index (χ3v) is 3.99. The van der Waals surface area contributed by atoms with Crippen molar-refractivity contribution in [3.8, 4) is 0 Å². The third-order valence-electron chi connectivity index (χ3n) is 3.99. The van der Waals surface area contributed by atoms with E-state index in [2.05, 4.69) is 66.0 Å². The van der Waals surface area contributed by atoms with Gasteiger partial charge in [-0.05, 0) is 11.5 Å². The highest BCUT2D eigenvalue weighted by Crippen LogP contribution is 2.21. The second-order valence-corrected chi connectivity index (χ2v) is 6.04. The standard InChI is InChI=1S/C17H22N4/c1-13(2)15-11-21-12-18-16(9-17(21)19-15)20(3)10-14-7-5-4-6-8-14/h4-9,12-13,15H,10-11H2,1-3H3. The lowest BCUT2D eigenvalue weighted by Gasteiger charge is -2.24. The number of benzene rings is 1. The van der Waals surface area contributed by atoms with Crippen molar-refractivity contribution in [3.05, 3.63) is 47.8 Å². The summed E-state index contributed by atoms with van der Waals surface area (Å²) in [4.78, 5) is 13.7. The van der Waals surface area contributed by atoms with Crippen LogP contribution in [0.4, 0.5) is 0 Å². The van der Waals surface area contributed by atoms with Gasteiger partial charge in [-0.1, -0.05) is 44.2 Å². The molecule has 0 amide bonds. The van der Waals surface area contributed by atoms with Crippen LogP contribution in [0.5, 0.6) is 0 Å². The molecule has 0 aromatic heterocycles. The van der Waals surface area contributed by atoms with Gasteiger partial charge in [0.15, 0.2) is 0 Å². The predicted molar refractivity (Wildman–Crippen MR) is 87.3 cm³/mol. The number of rotatable bonds is 4. The summed E-state index contributed by atoms with van der Waals surface area (Å²) in [7, 11) is 2.07. The molecule has 21 heavy (non-hydrogen) atoms. The highest BCUT2D eigenvalue weighted by molar-refractivity contribution is 6.03. The Morgan fingerprint density at radius 1 is 1.29 bits per heavy atom. The van der Waals surface area contributed by atoms with Crippen molar-refractivity contribution in [2.24, 2.45) is 15.9 Å². The lowest BCUT2D eigenvalue weighted by molar-refractivity contribution is 0.403. The number of nitrogens with zero attached hydrogens (tertiary/aromatic N) is 4. The van der Waals surface area contributed by atoms with Crippen molar-refractivity contribution in [3.63, 3.8) is 0 Å². The van der Waals surface area contributed by atoms with Crippen LogP contribution in [0.3, 0.4) is 0 Å². The molecule has 3 rings (SSSR count). The topological polar surface area (TPSA) is 31.2 Å².